The van der Waals surface area contributed by atoms with Gasteiger partial charge in [0.1, 0.15) is 46.7 Å². The first-order valence-electron chi connectivity index (χ1n) is 29.2. The number of alkyl halides is 2. The lowest BCUT2D eigenvalue weighted by Gasteiger charge is -2.10. The maximum atomic E-state index is 12.5. The van der Waals surface area contributed by atoms with Crippen molar-refractivity contribution in [1.82, 2.24) is 0 Å². The minimum atomic E-state index is -0.943. The number of carbonyl (C=O) groups is 6. The van der Waals surface area contributed by atoms with Crippen molar-refractivity contribution >= 4 is 59.0 Å². The van der Waals surface area contributed by atoms with Crippen LogP contribution in [0.1, 0.15) is 148 Å². The molecule has 6 rings (SSSR count). The Kier molecular flexibility index (Phi) is 37.6. The van der Waals surface area contributed by atoms with Crippen molar-refractivity contribution in [3.63, 3.8) is 0 Å². The molecule has 0 saturated carbocycles. The van der Waals surface area contributed by atoms with Gasteiger partial charge in [-0.2, -0.15) is 0 Å². The Hall–Kier alpha value is -7.76. The second-order valence-electron chi connectivity index (χ2n) is 19.1. The van der Waals surface area contributed by atoms with E-state index in [0.717, 1.165) is 115 Å². The SMILES string of the molecule is C.C=C1CC(CCCCCOc2ccc(C(=O)O)cc2)OC1=O.C=CC(=O)OCCCCCCOc1ccc(O)cc1.C=CC(=O)OCCCCCCOc1ccc(OC(=O)c2ccc(OCCCCCC3CC(=C)C(=O)O3)cc2)cc1.ClCCl.[2HH].[2H][2H]. The summed E-state index contributed by atoms with van der Waals surface area (Å²) in [7, 11) is 0. The Morgan fingerprint density at radius 2 is 0.812 bits per heavy atom. The van der Waals surface area contributed by atoms with Gasteiger partial charge < -0.3 is 52.8 Å². The van der Waals surface area contributed by atoms with Crippen LogP contribution in [0.2, 0.25) is 0 Å². The van der Waals surface area contributed by atoms with Gasteiger partial charge in [-0.25, -0.2) is 28.8 Å². The molecule has 85 heavy (non-hydrogen) atoms. The van der Waals surface area contributed by atoms with Crippen molar-refractivity contribution in [2.75, 3.05) is 45.0 Å². The van der Waals surface area contributed by atoms with E-state index in [9.17, 15) is 28.8 Å². The topological polar surface area (TPSA) is 226 Å². The Morgan fingerprint density at radius 3 is 1.14 bits per heavy atom. The van der Waals surface area contributed by atoms with Crippen LogP contribution in [0, 0.1) is 0 Å². The molecule has 2 saturated heterocycles. The summed E-state index contributed by atoms with van der Waals surface area (Å²) in [5, 5.41) is 18.1. The summed E-state index contributed by atoms with van der Waals surface area (Å²) in [5.41, 5.74) is 1.81. The molecular formula is C66H88Cl2O17. The molecule has 2 heterocycles. The molecule has 0 radical (unpaired) electrons. The van der Waals surface area contributed by atoms with Gasteiger partial charge in [0.15, 0.2) is 0 Å². The van der Waals surface area contributed by atoms with E-state index in [1.165, 1.54) is 18.2 Å². The molecule has 2 atom stereocenters. The number of phenols is 1. The second-order valence-corrected chi connectivity index (χ2v) is 20.0. The van der Waals surface area contributed by atoms with Crippen LogP contribution in [0.15, 0.2) is 147 Å². The lowest BCUT2D eigenvalue weighted by atomic mass is 10.1. The van der Waals surface area contributed by atoms with Crippen molar-refractivity contribution in [2.24, 2.45) is 0 Å². The second kappa shape index (κ2) is 44.7. The number of halogens is 2. The summed E-state index contributed by atoms with van der Waals surface area (Å²) in [6.07, 6.45) is 18.5. The molecule has 19 heteroatoms. The van der Waals surface area contributed by atoms with Crippen molar-refractivity contribution < 1.29 is 86.0 Å². The van der Waals surface area contributed by atoms with Gasteiger partial charge in [0, 0.05) is 40.5 Å². The number of hydrogen-bond donors (Lipinski definition) is 2. The lowest BCUT2D eigenvalue weighted by Crippen LogP contribution is -2.08. The summed E-state index contributed by atoms with van der Waals surface area (Å²) in [5.74, 6) is 0.812. The first kappa shape index (κ1) is 71.5. The molecule has 2 aliphatic rings. The first-order valence-corrected chi connectivity index (χ1v) is 29.2. The van der Waals surface area contributed by atoms with Gasteiger partial charge in [0.2, 0.25) is 0 Å². The molecule has 0 aliphatic carbocycles. The van der Waals surface area contributed by atoms with Crippen LogP contribution in [0.25, 0.3) is 0 Å². The van der Waals surface area contributed by atoms with Gasteiger partial charge in [-0.3, -0.25) is 0 Å². The van der Waals surface area contributed by atoms with Gasteiger partial charge in [0.05, 0.1) is 56.1 Å². The van der Waals surface area contributed by atoms with E-state index in [1.807, 2.05) is 0 Å². The largest absolute Gasteiger partial charge is 0.508 e. The van der Waals surface area contributed by atoms with Crippen LogP contribution < -0.4 is 23.7 Å². The van der Waals surface area contributed by atoms with Crippen molar-refractivity contribution in [1.29, 1.82) is 0 Å². The quantitative estimate of drug-likeness (QED) is 0.0109. The summed E-state index contributed by atoms with van der Waals surface area (Å²) in [6, 6.07) is 26.9. The highest BCUT2D eigenvalue weighted by atomic mass is 35.5. The van der Waals surface area contributed by atoms with Crippen molar-refractivity contribution in [3.05, 3.63) is 158 Å². The molecule has 2 N–H and O–H groups in total. The van der Waals surface area contributed by atoms with Gasteiger partial charge in [-0.05, 0) is 200 Å². The molecule has 0 amide bonds. The number of aromatic hydroxyl groups is 1. The number of ether oxygens (including phenoxy) is 9. The summed E-state index contributed by atoms with van der Waals surface area (Å²) >= 11 is 9.53. The first-order chi connectivity index (χ1) is 41.6. The summed E-state index contributed by atoms with van der Waals surface area (Å²) < 4.78 is 58.2. The maximum Gasteiger partial charge on any atom is 0.343 e. The standard InChI is InChI=1S/C32H38O8.C17H20O5.C15H20O4.CH2Cl2.CH4.2H2/c1-3-30(33)38-22-9-5-4-8-20-37-27-16-18-28(19-17-27)39-32(35)25-12-14-26(15-13-25)36-21-10-6-7-11-29-23-24(2)31(34)40-29;1-12-11-15(22-17(12)20)5-3-2-4-10-21-14-8-6-13(7-9-14)16(18)19;1-2-15(17)19-12-6-4-3-5-11-18-14-9-7-13(16)8-10-14;2-1-3;;;/h3,12-19,29H,1-2,4-11,20-23H2;6-9,15H,1-5,10-11H2,(H,18,19);2,7-10,16H,1,3-6,11-12H2;1H2;1H4;2*1H/i;;;;;1+1D;1+1. The van der Waals surface area contributed by atoms with Gasteiger partial charge >= 0.3 is 35.8 Å². The molecule has 0 aromatic heterocycles. The number of aromatic carboxylic acids is 1. The molecule has 468 valence electrons. The van der Waals surface area contributed by atoms with Crippen molar-refractivity contribution in [2.45, 2.75) is 135 Å². The fourth-order valence-corrected chi connectivity index (χ4v) is 7.92. The normalized spacial score (nSPS) is 13.8. The van der Waals surface area contributed by atoms with E-state index in [0.29, 0.717) is 92.2 Å². The molecule has 0 bridgehead atoms. The minimum absolute atomic E-state index is 0. The minimum Gasteiger partial charge on any atom is -0.508 e. The Bertz CT molecular complexity index is 2610. The van der Waals surface area contributed by atoms with Gasteiger partial charge in [-0.1, -0.05) is 33.7 Å². The number of rotatable bonds is 35. The molecule has 4 aromatic rings. The van der Waals surface area contributed by atoms with Crippen LogP contribution in [0.4, 0.5) is 0 Å². The molecule has 2 aliphatic heterocycles. The molecule has 4 aromatic carbocycles. The number of carboxylic acids is 1. The Morgan fingerprint density at radius 1 is 0.506 bits per heavy atom. The maximum absolute atomic E-state index is 12.5. The number of carbonyl (C=O) groups excluding carboxylic acids is 5. The number of esters is 5. The zero-order valence-electron chi connectivity index (χ0n) is 49.8. The summed E-state index contributed by atoms with van der Waals surface area (Å²) in [4.78, 5) is 67.4. The number of unbranched alkanes of at least 4 members (excludes halogenated alkanes) is 10. The van der Waals surface area contributed by atoms with Crippen LogP contribution >= 0.6 is 23.2 Å². The lowest BCUT2D eigenvalue weighted by molar-refractivity contribution is -0.140. The molecule has 17 nitrogen and oxygen atoms in total. The van der Waals surface area contributed by atoms with Crippen molar-refractivity contribution in [3.8, 4) is 34.5 Å². The van der Waals surface area contributed by atoms with Gasteiger partial charge in [-0.15, -0.1) is 23.2 Å². The zero-order chi connectivity index (χ0) is 63.2. The predicted molar refractivity (Wildman–Crippen MR) is 332 cm³/mol. The van der Waals surface area contributed by atoms with Crippen LogP contribution in [-0.4, -0.2) is 103 Å². The highest BCUT2D eigenvalue weighted by molar-refractivity contribution is 6.40. The van der Waals surface area contributed by atoms with E-state index in [4.69, 9.17) is 79.0 Å². The highest BCUT2D eigenvalue weighted by Crippen LogP contribution is 2.26. The molecule has 0 spiro atoms. The average molecular weight is 1230 g/mol. The fraction of sp³-hybridized carbons (Fsp3) is 0.424. The van der Waals surface area contributed by atoms with E-state index >= 15 is 0 Å². The van der Waals surface area contributed by atoms with Gasteiger partial charge in [0.25, 0.3) is 0 Å². The van der Waals surface area contributed by atoms with E-state index in [2.05, 4.69) is 26.3 Å². The number of hydrogen-bond acceptors (Lipinski definition) is 16. The number of benzene rings is 4. The highest BCUT2D eigenvalue weighted by Gasteiger charge is 2.27. The zero-order valence-corrected chi connectivity index (χ0v) is 49.3. The van der Waals surface area contributed by atoms with Crippen LogP contribution in [0.3, 0.4) is 0 Å². The third-order valence-electron chi connectivity index (χ3n) is 12.5. The third kappa shape index (κ3) is 33.4. The third-order valence-corrected chi connectivity index (χ3v) is 12.5. The van der Waals surface area contributed by atoms with E-state index in [1.54, 1.807) is 84.9 Å². The van der Waals surface area contributed by atoms with Crippen LogP contribution in [-0.2, 0) is 38.1 Å². The molecule has 2 fully saturated rings. The fourth-order valence-electron chi connectivity index (χ4n) is 7.92. The van der Waals surface area contributed by atoms with E-state index < -0.39 is 17.9 Å². The summed E-state index contributed by atoms with van der Waals surface area (Å²) in [6.45, 7) is 17.3. The number of phenolic OH excluding ortho intramolecular Hbond substituents is 1. The average Bonchev–Trinajstić information content (AvgIpc) is 3.52. The molecule has 2 unspecified atom stereocenters. The monoisotopic (exact) mass is 1230 g/mol. The Balaban J connectivity index is 0.00000133. The predicted octanol–water partition coefficient (Wildman–Crippen LogP) is 15.2. The number of cyclic esters (lactones) is 2. The Labute approximate surface area is 515 Å². The molecular weight excluding hydrogens is 1140 g/mol. The van der Waals surface area contributed by atoms with Crippen LogP contribution in [0.5, 0.6) is 34.5 Å². The number of carboxylic acid groups (broad SMARTS) is 1. The van der Waals surface area contributed by atoms with E-state index in [-0.39, 0.29) is 55.6 Å². The smallest absolute Gasteiger partial charge is 0.343 e.